The third-order valence-corrected chi connectivity index (χ3v) is 2.68. The lowest BCUT2D eigenvalue weighted by Gasteiger charge is -2.14. The van der Waals surface area contributed by atoms with Gasteiger partial charge in [-0.15, -0.1) is 0 Å². The highest BCUT2D eigenvalue weighted by Gasteiger charge is 2.14. The molecule has 0 saturated heterocycles. The normalized spacial score (nSPS) is 12.9. The van der Waals surface area contributed by atoms with E-state index in [2.05, 4.69) is 4.74 Å². The predicted octanol–water partition coefficient (Wildman–Crippen LogP) is -0.161. The van der Waals surface area contributed by atoms with E-state index in [1.807, 2.05) is 0 Å². The molecule has 0 amide bonds. The smallest absolute Gasteiger partial charge is 0.323 e. The Hall–Kier alpha value is -0.300. The van der Waals surface area contributed by atoms with E-state index in [1.165, 1.54) is 18.9 Å². The number of nitrogens with two attached hydrogens (primary N) is 1. The number of methoxy groups -OCH3 is 3. The highest BCUT2D eigenvalue weighted by molar-refractivity contribution is 7.99. The van der Waals surface area contributed by atoms with Crippen molar-refractivity contribution in [3.05, 3.63) is 0 Å². The number of hydrogen-bond acceptors (Lipinski definition) is 6. The van der Waals surface area contributed by atoms with Gasteiger partial charge in [-0.25, -0.2) is 0 Å². The largest absolute Gasteiger partial charge is 0.468 e. The van der Waals surface area contributed by atoms with Gasteiger partial charge >= 0.3 is 5.97 Å². The van der Waals surface area contributed by atoms with Gasteiger partial charge in [-0.3, -0.25) is 4.79 Å². The topological polar surface area (TPSA) is 70.8 Å². The molecule has 0 radical (unpaired) electrons. The minimum Gasteiger partial charge on any atom is -0.468 e. The number of rotatable bonds is 7. The summed E-state index contributed by atoms with van der Waals surface area (Å²) in [5.74, 6) is 0.733. The third kappa shape index (κ3) is 5.43. The Morgan fingerprint density at radius 1 is 1.29 bits per heavy atom. The van der Waals surface area contributed by atoms with Crippen LogP contribution in [-0.2, 0) is 19.0 Å². The molecular weight excluding hydrogens is 206 g/mol. The van der Waals surface area contributed by atoms with E-state index in [0.29, 0.717) is 11.5 Å². The second-order valence-corrected chi connectivity index (χ2v) is 3.64. The summed E-state index contributed by atoms with van der Waals surface area (Å²) >= 11 is 1.49. The van der Waals surface area contributed by atoms with Crippen LogP contribution in [0.3, 0.4) is 0 Å². The first-order valence-corrected chi connectivity index (χ1v) is 5.27. The zero-order valence-electron chi connectivity index (χ0n) is 8.69. The molecular formula is C8H17NO4S. The van der Waals surface area contributed by atoms with Crippen LogP contribution in [0.15, 0.2) is 0 Å². The average Bonchev–Trinajstić information content (AvgIpc) is 2.22. The Bertz CT molecular complexity index is 163. The summed E-state index contributed by atoms with van der Waals surface area (Å²) in [4.78, 5) is 10.9. The molecule has 0 aliphatic heterocycles. The second-order valence-electron chi connectivity index (χ2n) is 2.57. The molecule has 1 unspecified atom stereocenters. The Balaban J connectivity index is 3.57. The van der Waals surface area contributed by atoms with Crippen molar-refractivity contribution in [1.82, 2.24) is 0 Å². The fourth-order valence-electron chi connectivity index (χ4n) is 0.743. The fourth-order valence-corrected chi connectivity index (χ4v) is 1.73. The summed E-state index contributed by atoms with van der Waals surface area (Å²) in [6, 6.07) is -0.584. The number of hydrogen-bond donors (Lipinski definition) is 1. The third-order valence-electron chi connectivity index (χ3n) is 1.58. The summed E-state index contributed by atoms with van der Waals surface area (Å²) < 4.78 is 14.4. The second kappa shape index (κ2) is 8.05. The molecule has 0 aromatic carbocycles. The number of esters is 1. The van der Waals surface area contributed by atoms with Gasteiger partial charge in [-0.2, -0.15) is 11.8 Å². The van der Waals surface area contributed by atoms with Gasteiger partial charge < -0.3 is 19.9 Å². The van der Waals surface area contributed by atoms with Crippen LogP contribution >= 0.6 is 11.8 Å². The number of ether oxygens (including phenoxy) is 3. The highest BCUT2D eigenvalue weighted by atomic mass is 32.2. The van der Waals surface area contributed by atoms with Crippen molar-refractivity contribution in [2.24, 2.45) is 5.73 Å². The molecule has 0 saturated carbocycles. The molecule has 0 aliphatic rings. The molecule has 0 bridgehead atoms. The van der Waals surface area contributed by atoms with Gasteiger partial charge in [0.25, 0.3) is 0 Å². The van der Waals surface area contributed by atoms with Crippen LogP contribution in [0.1, 0.15) is 0 Å². The van der Waals surface area contributed by atoms with E-state index in [9.17, 15) is 4.79 Å². The number of carbonyl (C=O) groups is 1. The summed E-state index contributed by atoms with van der Waals surface area (Å²) in [5, 5.41) is 0. The maximum atomic E-state index is 10.9. The maximum Gasteiger partial charge on any atom is 0.323 e. The maximum absolute atomic E-state index is 10.9. The van der Waals surface area contributed by atoms with E-state index < -0.39 is 12.0 Å². The average molecular weight is 223 g/mol. The summed E-state index contributed by atoms with van der Waals surface area (Å²) in [7, 11) is 4.45. The van der Waals surface area contributed by atoms with Gasteiger partial charge in [0.1, 0.15) is 6.04 Å². The van der Waals surface area contributed by atoms with Crippen molar-refractivity contribution in [3.63, 3.8) is 0 Å². The van der Waals surface area contributed by atoms with Crippen molar-refractivity contribution in [2.45, 2.75) is 12.3 Å². The predicted molar refractivity (Wildman–Crippen MR) is 55.1 cm³/mol. The molecule has 5 nitrogen and oxygen atoms in total. The minimum absolute atomic E-state index is 0.259. The van der Waals surface area contributed by atoms with Gasteiger partial charge in [0.05, 0.1) is 7.11 Å². The van der Waals surface area contributed by atoms with Crippen molar-refractivity contribution in [2.75, 3.05) is 32.8 Å². The number of carbonyl (C=O) groups excluding carboxylic acids is 1. The van der Waals surface area contributed by atoms with Crippen molar-refractivity contribution < 1.29 is 19.0 Å². The Morgan fingerprint density at radius 2 is 1.86 bits per heavy atom. The molecule has 0 rings (SSSR count). The zero-order valence-corrected chi connectivity index (χ0v) is 9.50. The van der Waals surface area contributed by atoms with Gasteiger partial charge in [-0.05, 0) is 0 Å². The molecule has 0 fully saturated rings. The van der Waals surface area contributed by atoms with Gasteiger partial charge in [0.2, 0.25) is 0 Å². The number of thioether (sulfide) groups is 1. The lowest BCUT2D eigenvalue weighted by molar-refractivity contribution is -0.141. The van der Waals surface area contributed by atoms with Crippen molar-refractivity contribution in [1.29, 1.82) is 0 Å². The highest BCUT2D eigenvalue weighted by Crippen LogP contribution is 2.07. The molecule has 1 atom stereocenters. The summed E-state index contributed by atoms with van der Waals surface area (Å²) in [6.45, 7) is 0. The van der Waals surface area contributed by atoms with E-state index in [4.69, 9.17) is 15.2 Å². The van der Waals surface area contributed by atoms with Crippen LogP contribution < -0.4 is 5.73 Å². The van der Waals surface area contributed by atoms with Gasteiger partial charge in [0.15, 0.2) is 6.29 Å². The molecule has 84 valence electrons. The van der Waals surface area contributed by atoms with Crippen LogP contribution in [-0.4, -0.2) is 51.1 Å². The molecule has 0 spiro atoms. The monoisotopic (exact) mass is 223 g/mol. The van der Waals surface area contributed by atoms with E-state index in [1.54, 1.807) is 14.2 Å². The first-order valence-electron chi connectivity index (χ1n) is 4.12. The van der Waals surface area contributed by atoms with Crippen LogP contribution in [0.2, 0.25) is 0 Å². The lowest BCUT2D eigenvalue weighted by atomic mass is 10.4. The first kappa shape index (κ1) is 13.7. The molecule has 2 N–H and O–H groups in total. The molecule has 0 aliphatic carbocycles. The Kier molecular flexibility index (Phi) is 7.87. The van der Waals surface area contributed by atoms with E-state index >= 15 is 0 Å². The standard InChI is InChI=1S/C8H17NO4S/c1-11-7(12-2)5-14-4-6(9)8(10)13-3/h6-7H,4-5,9H2,1-3H3. The fraction of sp³-hybridized carbons (Fsp3) is 0.875. The van der Waals surface area contributed by atoms with Crippen molar-refractivity contribution in [3.8, 4) is 0 Å². The zero-order chi connectivity index (χ0) is 11.0. The summed E-state index contributed by atoms with van der Waals surface area (Å²) in [5.41, 5.74) is 5.52. The molecule has 0 aromatic heterocycles. The van der Waals surface area contributed by atoms with Crippen molar-refractivity contribution >= 4 is 17.7 Å². The molecule has 14 heavy (non-hydrogen) atoms. The van der Waals surface area contributed by atoms with E-state index in [-0.39, 0.29) is 6.29 Å². The van der Waals surface area contributed by atoms with Gasteiger partial charge in [-0.1, -0.05) is 0 Å². The van der Waals surface area contributed by atoms with Crippen LogP contribution in [0.4, 0.5) is 0 Å². The Morgan fingerprint density at radius 3 is 2.29 bits per heavy atom. The van der Waals surface area contributed by atoms with Crippen LogP contribution in [0.5, 0.6) is 0 Å². The quantitative estimate of drug-likeness (QED) is 0.477. The minimum atomic E-state index is -0.584. The van der Waals surface area contributed by atoms with E-state index in [0.717, 1.165) is 0 Å². The molecule has 6 heteroatoms. The molecule has 0 aromatic rings. The Labute approximate surface area is 88.3 Å². The first-order chi connectivity index (χ1) is 6.65. The lowest BCUT2D eigenvalue weighted by Crippen LogP contribution is -2.34. The van der Waals surface area contributed by atoms with Gasteiger partial charge in [0, 0.05) is 25.7 Å². The van der Waals surface area contributed by atoms with Crippen LogP contribution in [0, 0.1) is 0 Å². The summed E-state index contributed by atoms with van der Waals surface area (Å²) in [6.07, 6.45) is -0.259. The SMILES string of the molecule is COC(=O)C(N)CSCC(OC)OC. The van der Waals surface area contributed by atoms with Crippen LogP contribution in [0.25, 0.3) is 0 Å². The molecule has 0 heterocycles.